The molecule has 0 saturated carbocycles. The number of likely N-dealkylation sites (N-methyl/N-ethyl adjacent to an activating group) is 1. The van der Waals surface area contributed by atoms with Gasteiger partial charge in [0.05, 0.1) is 11.6 Å². The van der Waals surface area contributed by atoms with Gasteiger partial charge in [0.2, 0.25) is 0 Å². The van der Waals surface area contributed by atoms with E-state index in [0.29, 0.717) is 12.2 Å². The van der Waals surface area contributed by atoms with Gasteiger partial charge in [-0.25, -0.2) is 9.37 Å². The minimum Gasteiger partial charge on any atom is -0.349 e. The maximum absolute atomic E-state index is 13.5. The fourth-order valence-corrected chi connectivity index (χ4v) is 2.78. The number of para-hydroxylation sites is 1. The fourth-order valence-electron chi connectivity index (χ4n) is 2.78. The molecule has 0 aliphatic heterocycles. The van der Waals surface area contributed by atoms with Crippen LogP contribution in [0.1, 0.15) is 22.1 Å². The van der Waals surface area contributed by atoms with Gasteiger partial charge in [-0.1, -0.05) is 36.4 Å². The molecule has 0 bridgehead atoms. The van der Waals surface area contributed by atoms with Gasteiger partial charge in [0.1, 0.15) is 11.5 Å². The van der Waals surface area contributed by atoms with Gasteiger partial charge >= 0.3 is 0 Å². The first-order valence-corrected chi connectivity index (χ1v) is 8.10. The molecule has 1 amide bonds. The quantitative estimate of drug-likeness (QED) is 0.776. The first-order valence-electron chi connectivity index (χ1n) is 8.10. The van der Waals surface area contributed by atoms with Gasteiger partial charge in [0.25, 0.3) is 5.91 Å². The Morgan fingerprint density at radius 2 is 1.92 bits per heavy atom. The zero-order valence-electron chi connectivity index (χ0n) is 14.2. The van der Waals surface area contributed by atoms with Crippen LogP contribution < -0.4 is 5.32 Å². The largest absolute Gasteiger partial charge is 0.349 e. The maximum Gasteiger partial charge on any atom is 0.269 e. The lowest BCUT2D eigenvalue weighted by molar-refractivity contribution is 0.0937. The van der Waals surface area contributed by atoms with Crippen LogP contribution in [0.2, 0.25) is 0 Å². The lowest BCUT2D eigenvalue weighted by Crippen LogP contribution is -2.35. The molecule has 25 heavy (non-hydrogen) atoms. The molecule has 0 unspecified atom stereocenters. The summed E-state index contributed by atoms with van der Waals surface area (Å²) in [7, 11) is 3.80. The van der Waals surface area contributed by atoms with Crippen molar-refractivity contribution in [1.29, 1.82) is 0 Å². The number of pyridine rings is 1. The fraction of sp³-hybridized carbons (Fsp3) is 0.200. The molecular formula is C20H20FN3O. The highest BCUT2D eigenvalue weighted by molar-refractivity contribution is 5.94. The van der Waals surface area contributed by atoms with Crippen molar-refractivity contribution < 1.29 is 9.18 Å². The zero-order valence-corrected chi connectivity index (χ0v) is 14.2. The number of carbonyl (C=O) groups is 1. The smallest absolute Gasteiger partial charge is 0.269 e. The number of carbonyl (C=O) groups excluding carboxylic acids is 1. The first kappa shape index (κ1) is 17.0. The number of nitrogens with one attached hydrogen (secondary N) is 1. The SMILES string of the molecule is CN(C)[C@H](CNC(=O)c1ccc2ccccc2n1)c1cccc(F)c1. The molecule has 0 fully saturated rings. The Bertz CT molecular complexity index is 895. The van der Waals surface area contributed by atoms with E-state index in [9.17, 15) is 9.18 Å². The molecule has 2 aromatic carbocycles. The number of nitrogens with zero attached hydrogens (tertiary/aromatic N) is 2. The second-order valence-corrected chi connectivity index (χ2v) is 6.13. The van der Waals surface area contributed by atoms with Crippen LogP contribution in [0.15, 0.2) is 60.7 Å². The number of benzene rings is 2. The molecule has 1 atom stereocenters. The van der Waals surface area contributed by atoms with E-state index in [-0.39, 0.29) is 17.8 Å². The summed E-state index contributed by atoms with van der Waals surface area (Å²) in [6.45, 7) is 0.365. The highest BCUT2D eigenvalue weighted by Gasteiger charge is 2.17. The summed E-state index contributed by atoms with van der Waals surface area (Å²) in [5.41, 5.74) is 1.97. The van der Waals surface area contributed by atoms with Gasteiger partial charge in [-0.05, 0) is 43.9 Å². The molecule has 5 heteroatoms. The summed E-state index contributed by atoms with van der Waals surface area (Å²) in [5, 5.41) is 3.89. The molecule has 1 aromatic heterocycles. The molecule has 3 aromatic rings. The van der Waals surface area contributed by atoms with E-state index in [0.717, 1.165) is 16.5 Å². The third kappa shape index (κ3) is 4.00. The molecule has 1 heterocycles. The molecule has 3 rings (SSSR count). The van der Waals surface area contributed by atoms with E-state index in [1.807, 2.05) is 55.4 Å². The van der Waals surface area contributed by atoms with Crippen LogP contribution >= 0.6 is 0 Å². The van der Waals surface area contributed by atoms with E-state index < -0.39 is 0 Å². The molecule has 0 radical (unpaired) electrons. The lowest BCUT2D eigenvalue weighted by Gasteiger charge is -2.25. The Kier molecular flexibility index (Phi) is 5.05. The van der Waals surface area contributed by atoms with E-state index in [4.69, 9.17) is 0 Å². The van der Waals surface area contributed by atoms with Crippen LogP contribution in [-0.2, 0) is 0 Å². The minimum atomic E-state index is -0.285. The Hall–Kier alpha value is -2.79. The van der Waals surface area contributed by atoms with Crippen LogP contribution in [0.25, 0.3) is 10.9 Å². The third-order valence-electron chi connectivity index (χ3n) is 4.14. The van der Waals surface area contributed by atoms with Gasteiger partial charge in [-0.3, -0.25) is 4.79 Å². The number of halogens is 1. The van der Waals surface area contributed by atoms with E-state index in [1.165, 1.54) is 12.1 Å². The molecule has 0 aliphatic rings. The summed E-state index contributed by atoms with van der Waals surface area (Å²) in [6, 6.07) is 17.6. The van der Waals surface area contributed by atoms with Crippen LogP contribution in [0, 0.1) is 5.82 Å². The molecule has 128 valence electrons. The molecule has 0 spiro atoms. The highest BCUT2D eigenvalue weighted by Crippen LogP contribution is 2.18. The van der Waals surface area contributed by atoms with Gasteiger partial charge in [0, 0.05) is 11.9 Å². The Labute approximate surface area is 146 Å². The van der Waals surface area contributed by atoms with Crippen molar-refractivity contribution in [1.82, 2.24) is 15.2 Å². The van der Waals surface area contributed by atoms with Crippen LogP contribution in [0.3, 0.4) is 0 Å². The zero-order chi connectivity index (χ0) is 17.8. The number of fused-ring (bicyclic) bond motifs is 1. The van der Waals surface area contributed by atoms with Crippen LogP contribution in [-0.4, -0.2) is 36.4 Å². The first-order chi connectivity index (χ1) is 12.0. The summed E-state index contributed by atoms with van der Waals surface area (Å²) in [6.07, 6.45) is 0. The van der Waals surface area contributed by atoms with E-state index in [2.05, 4.69) is 10.3 Å². The second-order valence-electron chi connectivity index (χ2n) is 6.13. The maximum atomic E-state index is 13.5. The monoisotopic (exact) mass is 337 g/mol. The number of aromatic nitrogens is 1. The van der Waals surface area contributed by atoms with Crippen molar-refractivity contribution >= 4 is 16.8 Å². The average Bonchev–Trinajstić information content (AvgIpc) is 2.61. The lowest BCUT2D eigenvalue weighted by atomic mass is 10.1. The second kappa shape index (κ2) is 7.40. The van der Waals surface area contributed by atoms with Crippen molar-refractivity contribution in [2.24, 2.45) is 0 Å². The number of hydrogen-bond donors (Lipinski definition) is 1. The van der Waals surface area contributed by atoms with Gasteiger partial charge < -0.3 is 10.2 Å². The van der Waals surface area contributed by atoms with Gasteiger partial charge in [-0.15, -0.1) is 0 Å². The van der Waals surface area contributed by atoms with Crippen molar-refractivity contribution in [3.8, 4) is 0 Å². The van der Waals surface area contributed by atoms with Gasteiger partial charge in [0.15, 0.2) is 0 Å². The predicted octanol–water partition coefficient (Wildman–Crippen LogP) is 3.41. The summed E-state index contributed by atoms with van der Waals surface area (Å²) >= 11 is 0. The van der Waals surface area contributed by atoms with Crippen LogP contribution in [0.5, 0.6) is 0 Å². The topological polar surface area (TPSA) is 45.2 Å². The predicted molar refractivity (Wildman–Crippen MR) is 96.9 cm³/mol. The summed E-state index contributed by atoms with van der Waals surface area (Å²) < 4.78 is 13.5. The van der Waals surface area contributed by atoms with Crippen molar-refractivity contribution in [2.75, 3.05) is 20.6 Å². The molecule has 0 saturated heterocycles. The Balaban J connectivity index is 1.74. The van der Waals surface area contributed by atoms with E-state index >= 15 is 0 Å². The van der Waals surface area contributed by atoms with Crippen molar-refractivity contribution in [3.63, 3.8) is 0 Å². The summed E-state index contributed by atoms with van der Waals surface area (Å²) in [5.74, 6) is -0.527. The minimum absolute atomic E-state index is 0.125. The molecule has 1 N–H and O–H groups in total. The summed E-state index contributed by atoms with van der Waals surface area (Å²) in [4.78, 5) is 18.8. The van der Waals surface area contributed by atoms with E-state index in [1.54, 1.807) is 12.1 Å². The Morgan fingerprint density at radius 3 is 2.68 bits per heavy atom. The molecular weight excluding hydrogens is 317 g/mol. The number of hydrogen-bond acceptors (Lipinski definition) is 3. The third-order valence-corrected chi connectivity index (χ3v) is 4.14. The molecule has 4 nitrogen and oxygen atoms in total. The molecule has 0 aliphatic carbocycles. The number of amides is 1. The normalized spacial score (nSPS) is 12.3. The number of rotatable bonds is 5. The highest BCUT2D eigenvalue weighted by atomic mass is 19.1. The Morgan fingerprint density at radius 1 is 1.12 bits per heavy atom. The van der Waals surface area contributed by atoms with Crippen molar-refractivity contribution in [3.05, 3.63) is 77.7 Å². The van der Waals surface area contributed by atoms with Gasteiger partial charge in [-0.2, -0.15) is 0 Å². The average molecular weight is 337 g/mol. The standard InChI is InChI=1S/C20H20FN3O/c1-24(2)19(15-7-5-8-16(21)12-15)13-22-20(25)18-11-10-14-6-3-4-9-17(14)23-18/h3-12,19H,13H2,1-2H3,(H,22,25)/t19-/m1/s1. The van der Waals surface area contributed by atoms with Crippen molar-refractivity contribution in [2.45, 2.75) is 6.04 Å². The van der Waals surface area contributed by atoms with Crippen LogP contribution in [0.4, 0.5) is 4.39 Å².